The summed E-state index contributed by atoms with van der Waals surface area (Å²) in [4.78, 5) is 32.5. The summed E-state index contributed by atoms with van der Waals surface area (Å²) in [6, 6.07) is 0.756. The predicted octanol–water partition coefficient (Wildman–Crippen LogP) is -0.0678. The summed E-state index contributed by atoms with van der Waals surface area (Å²) in [5, 5.41) is 94.6. The predicted molar refractivity (Wildman–Crippen MR) is 206 cm³/mol. The molecule has 4 aromatic rings. The van der Waals surface area contributed by atoms with Crippen LogP contribution in [0.25, 0.3) is 32.7 Å². The topological polar surface area (TPSA) is 226 Å². The van der Waals surface area contributed by atoms with Gasteiger partial charge < -0.3 is 50.4 Å². The number of carboxylic acids is 2. The monoisotopic (exact) mass is 788 g/mol. The molecular weight excluding hydrogens is 738 g/mol. The minimum Gasteiger partial charge on any atom is -0.548 e. The average Bonchev–Trinajstić information content (AvgIpc) is 3.08. The zero-order valence-electron chi connectivity index (χ0n) is 34.4. The minimum absolute atomic E-state index is 0. The molecule has 0 radical (unpaired) electrons. The van der Waals surface area contributed by atoms with Crippen LogP contribution in [-0.2, 0) is 9.59 Å². The number of carboxylic acid groups (broad SMARTS) is 2. The first kappa shape index (κ1) is 48.6. The van der Waals surface area contributed by atoms with Gasteiger partial charge in [-0.15, -0.1) is 0 Å². The van der Waals surface area contributed by atoms with Crippen LogP contribution in [0.3, 0.4) is 0 Å². The third kappa shape index (κ3) is 8.80. The molecule has 56 heavy (non-hydrogen) atoms. The van der Waals surface area contributed by atoms with Crippen LogP contribution in [-0.4, -0.2) is 67.1 Å². The largest absolute Gasteiger partial charge is 1.00 e. The van der Waals surface area contributed by atoms with Crippen molar-refractivity contribution < 1.29 is 110 Å². The number of aliphatic carboxylic acids is 2. The fraction of sp³-hybridized carbons (Fsp3) is 0.429. The summed E-state index contributed by atoms with van der Waals surface area (Å²) in [6.45, 7) is 17.5. The van der Waals surface area contributed by atoms with Crippen LogP contribution in [0, 0.1) is 25.7 Å². The molecule has 0 bridgehead atoms. The smallest absolute Gasteiger partial charge is 0.548 e. The number of carbonyl (C=O) groups excluding carboxylic acids is 2. The number of nitrogens with zero attached hydrogens (tertiary/aromatic N) is 2. The van der Waals surface area contributed by atoms with Crippen molar-refractivity contribution in [1.29, 1.82) is 0 Å². The van der Waals surface area contributed by atoms with E-state index in [1.165, 1.54) is 0 Å². The Balaban J connectivity index is 0.00000541. The van der Waals surface area contributed by atoms with Crippen molar-refractivity contribution in [2.24, 2.45) is 21.8 Å². The van der Waals surface area contributed by atoms with E-state index in [0.717, 1.165) is 12.4 Å². The van der Waals surface area contributed by atoms with Crippen LogP contribution in [0.15, 0.2) is 22.1 Å². The zero-order valence-corrected chi connectivity index (χ0v) is 38.4. The Kier molecular flexibility index (Phi) is 16.7. The molecule has 4 rings (SSSR count). The van der Waals surface area contributed by atoms with Crippen molar-refractivity contribution in [1.82, 2.24) is 0 Å². The number of carbonyl (C=O) groups is 2. The van der Waals surface area contributed by atoms with Crippen LogP contribution >= 0.6 is 0 Å². The van der Waals surface area contributed by atoms with E-state index in [4.69, 9.17) is 0 Å². The van der Waals surface area contributed by atoms with Crippen molar-refractivity contribution >= 4 is 45.9 Å². The van der Waals surface area contributed by atoms with E-state index >= 15 is 0 Å². The van der Waals surface area contributed by atoms with Gasteiger partial charge in [-0.25, -0.2) is 0 Å². The van der Waals surface area contributed by atoms with Crippen molar-refractivity contribution in [3.05, 3.63) is 45.5 Å². The molecule has 14 heteroatoms. The molecule has 4 aromatic carbocycles. The van der Waals surface area contributed by atoms with Gasteiger partial charge in [0.05, 0.1) is 24.0 Å². The Bertz CT molecular complexity index is 2060. The van der Waals surface area contributed by atoms with Crippen LogP contribution in [0.4, 0.5) is 0 Å². The molecule has 2 unspecified atom stereocenters. The number of hydrogen-bond acceptors (Lipinski definition) is 12. The number of benzene rings is 4. The molecular formula is C42H50N2Na2O10. The molecule has 290 valence electrons. The molecule has 6 N–H and O–H groups in total. The molecule has 0 amide bonds. The van der Waals surface area contributed by atoms with E-state index in [1.807, 2.05) is 0 Å². The Morgan fingerprint density at radius 1 is 0.589 bits per heavy atom. The maximum Gasteiger partial charge on any atom is 1.00 e. The third-order valence-corrected chi connectivity index (χ3v) is 10.6. The van der Waals surface area contributed by atoms with Gasteiger partial charge in [0.1, 0.15) is 11.5 Å². The number of fused-ring (bicyclic) bond motifs is 2. The summed E-state index contributed by atoms with van der Waals surface area (Å²) in [7, 11) is 0. The fourth-order valence-electron chi connectivity index (χ4n) is 7.26. The molecule has 0 saturated heterocycles. The Morgan fingerprint density at radius 2 is 0.893 bits per heavy atom. The first-order chi connectivity index (χ1) is 25.2. The van der Waals surface area contributed by atoms with Crippen molar-refractivity contribution in [2.75, 3.05) is 0 Å². The number of rotatable bonds is 13. The molecule has 0 aliphatic rings. The van der Waals surface area contributed by atoms with E-state index in [-0.39, 0.29) is 104 Å². The Hall–Kier alpha value is -3.52. The molecule has 0 saturated carbocycles. The summed E-state index contributed by atoms with van der Waals surface area (Å²) >= 11 is 0. The maximum absolute atomic E-state index is 12.3. The van der Waals surface area contributed by atoms with Gasteiger partial charge in [0.25, 0.3) is 0 Å². The van der Waals surface area contributed by atoms with Gasteiger partial charge in [-0.3, -0.25) is 9.98 Å². The SMILES string of the molecule is CCC(C)[C@H](N=Cc1c(O)c(O)c(C(C)C)c2cc(C)c(-c3c(C)cc4c(C(C)C)c(O)c(O)c(C=N[C@H](C(=O)[O-])C(C)CC)c4c3O)c(O)c12)C(=O)[O-].[Na+].[Na+]. The molecule has 0 aliphatic heterocycles. The molecule has 4 atom stereocenters. The van der Waals surface area contributed by atoms with E-state index in [0.29, 0.717) is 45.9 Å². The summed E-state index contributed by atoms with van der Waals surface area (Å²) in [6.07, 6.45) is 3.10. The molecule has 0 aromatic heterocycles. The first-order valence-electron chi connectivity index (χ1n) is 18.2. The number of hydrogen-bond donors (Lipinski definition) is 6. The molecule has 12 nitrogen and oxygen atoms in total. The van der Waals surface area contributed by atoms with Gasteiger partial charge >= 0.3 is 59.1 Å². The van der Waals surface area contributed by atoms with Gasteiger partial charge in [-0.1, -0.05) is 80.4 Å². The van der Waals surface area contributed by atoms with Crippen molar-refractivity contribution in [3.63, 3.8) is 0 Å². The van der Waals surface area contributed by atoms with E-state index in [2.05, 4.69) is 9.98 Å². The third-order valence-electron chi connectivity index (χ3n) is 10.6. The van der Waals surface area contributed by atoms with Gasteiger partial charge in [0.2, 0.25) is 0 Å². The Morgan fingerprint density at radius 3 is 1.14 bits per heavy atom. The standard InChI is InChI=1S/C42H52N2O10.2Na/c1-11-19(7)33(41(51)52)43-15-25-31-23(27(17(3)4)39(49)35(25)45)13-21(9)29(37(31)47)30-22(10)14-24-28(18(5)6)40(50)36(46)26(32(24)38(30)48)16-44-34(42(53)54)20(8)12-2;;/h13-20,33-34,45-50H,11-12H2,1-10H3,(H,51,52)(H,53,54);;/q;2*+1/p-2/t19?,20?,33-,34-;;/m0../s1. The molecule has 0 spiro atoms. The quantitative estimate of drug-likeness (QED) is 0.0601. The van der Waals surface area contributed by atoms with Crippen LogP contribution < -0.4 is 69.3 Å². The second-order valence-electron chi connectivity index (χ2n) is 14.9. The normalized spacial score (nSPS) is 14.0. The zero-order chi connectivity index (χ0) is 40.7. The van der Waals surface area contributed by atoms with Crippen LogP contribution in [0.2, 0.25) is 0 Å². The minimum atomic E-state index is -1.44. The summed E-state index contributed by atoms with van der Waals surface area (Å²) in [5.41, 5.74) is 1.41. The fourth-order valence-corrected chi connectivity index (χ4v) is 7.26. The molecule has 0 aliphatic carbocycles. The number of aliphatic imine (C=N–C) groups is 2. The van der Waals surface area contributed by atoms with Crippen molar-refractivity contribution in [2.45, 2.75) is 106 Å². The second kappa shape index (κ2) is 19.3. The number of phenols is 6. The summed E-state index contributed by atoms with van der Waals surface area (Å²) in [5.74, 6) is -7.50. The number of phenolic OH excluding ortho intramolecular Hbond substituents is 6. The average molecular weight is 789 g/mol. The van der Waals surface area contributed by atoms with Gasteiger partial charge in [-0.05, 0) is 59.4 Å². The van der Waals surface area contributed by atoms with Crippen molar-refractivity contribution in [3.8, 4) is 45.6 Å². The number of aryl methyl sites for hydroxylation is 2. The Labute approximate surface area is 371 Å². The van der Waals surface area contributed by atoms with Gasteiger partial charge in [0, 0.05) is 56.6 Å². The second-order valence-corrected chi connectivity index (χ2v) is 14.9. The van der Waals surface area contributed by atoms with E-state index in [9.17, 15) is 50.4 Å². The molecule has 0 heterocycles. The maximum atomic E-state index is 12.3. The van der Waals surface area contributed by atoms with E-state index in [1.54, 1.807) is 81.4 Å². The van der Waals surface area contributed by atoms with Crippen LogP contribution in [0.5, 0.6) is 34.5 Å². The first-order valence-corrected chi connectivity index (χ1v) is 18.2. The molecule has 0 fully saturated rings. The van der Waals surface area contributed by atoms with E-state index < -0.39 is 70.4 Å². The van der Waals surface area contributed by atoms with Gasteiger partial charge in [-0.2, -0.15) is 0 Å². The van der Waals surface area contributed by atoms with Gasteiger partial charge in [0.15, 0.2) is 23.0 Å². The number of aromatic hydroxyl groups is 6. The summed E-state index contributed by atoms with van der Waals surface area (Å²) < 4.78 is 0. The van der Waals surface area contributed by atoms with Crippen LogP contribution in [0.1, 0.15) is 113 Å².